The van der Waals surface area contributed by atoms with Crippen LogP contribution in [-0.4, -0.2) is 0 Å². The lowest BCUT2D eigenvalue weighted by Crippen LogP contribution is -1.87. The van der Waals surface area contributed by atoms with Crippen LogP contribution in [-0.2, 0) is 12.8 Å². The monoisotopic (exact) mass is 353 g/mol. The highest BCUT2D eigenvalue weighted by Gasteiger charge is 2.13. The van der Waals surface area contributed by atoms with E-state index in [0.29, 0.717) is 5.57 Å². The summed E-state index contributed by atoms with van der Waals surface area (Å²) in [5.74, 6) is 0. The summed E-state index contributed by atoms with van der Waals surface area (Å²) in [5.41, 5.74) is 5.70. The number of hydrogen-bond acceptors (Lipinski definition) is 2. The standard InChI is InChI=1S/C24H19NS/c1-2-17(16-25)7-8-18-9-11-19(12-10-18)20-13-14-24-22(15-20)21-5-3-4-6-23(21)26-24/h2-3,5,7,9-15H,1,4,6,8H2/b17-7+. The Hall–Kier alpha value is -2.89. The van der Waals surface area contributed by atoms with Crippen molar-refractivity contribution in [3.63, 3.8) is 0 Å². The van der Waals surface area contributed by atoms with Gasteiger partial charge in [-0.1, -0.05) is 61.2 Å². The highest BCUT2D eigenvalue weighted by Crippen LogP contribution is 2.37. The molecule has 0 saturated carbocycles. The van der Waals surface area contributed by atoms with Crippen LogP contribution in [0.2, 0.25) is 0 Å². The fraction of sp³-hybridized carbons (Fsp3) is 0.125. The summed E-state index contributed by atoms with van der Waals surface area (Å²) in [7, 11) is 0. The number of allylic oxidation sites excluding steroid dienone is 4. The minimum atomic E-state index is 0.620. The van der Waals surface area contributed by atoms with E-state index in [1.807, 2.05) is 17.4 Å². The largest absolute Gasteiger partial charge is 0.192 e. The van der Waals surface area contributed by atoms with Crippen molar-refractivity contribution >= 4 is 27.5 Å². The van der Waals surface area contributed by atoms with Gasteiger partial charge in [-0.05, 0) is 53.6 Å². The molecule has 0 unspecified atom stereocenters. The van der Waals surface area contributed by atoms with Crippen LogP contribution < -0.4 is 0 Å². The Kier molecular flexibility index (Phi) is 4.56. The number of nitriles is 1. The van der Waals surface area contributed by atoms with Crippen molar-refractivity contribution in [1.29, 1.82) is 5.26 Å². The summed E-state index contributed by atoms with van der Waals surface area (Å²) in [5, 5.41) is 10.3. The second-order valence-corrected chi connectivity index (χ2v) is 7.60. The molecule has 0 fully saturated rings. The van der Waals surface area contributed by atoms with E-state index in [-0.39, 0.29) is 0 Å². The molecule has 1 aliphatic carbocycles. The molecule has 4 rings (SSSR count). The maximum absolute atomic E-state index is 8.96. The first-order chi connectivity index (χ1) is 12.8. The molecule has 2 heteroatoms. The molecule has 1 nitrogen and oxygen atoms in total. The Morgan fingerprint density at radius 1 is 1.15 bits per heavy atom. The maximum Gasteiger partial charge on any atom is 0.0988 e. The molecule has 0 N–H and O–H groups in total. The van der Waals surface area contributed by atoms with E-state index in [1.54, 1.807) is 6.08 Å². The minimum absolute atomic E-state index is 0.620. The zero-order valence-electron chi connectivity index (χ0n) is 14.5. The van der Waals surface area contributed by atoms with E-state index in [9.17, 15) is 0 Å². The van der Waals surface area contributed by atoms with Crippen molar-refractivity contribution in [1.82, 2.24) is 0 Å². The van der Waals surface area contributed by atoms with Crippen LogP contribution in [0.5, 0.6) is 0 Å². The Labute approximate surface area is 158 Å². The van der Waals surface area contributed by atoms with E-state index in [2.05, 4.69) is 67.3 Å². The molecule has 0 radical (unpaired) electrons. The summed E-state index contributed by atoms with van der Waals surface area (Å²) in [4.78, 5) is 1.51. The molecule has 0 spiro atoms. The van der Waals surface area contributed by atoms with E-state index in [0.717, 1.165) is 19.3 Å². The number of rotatable bonds is 4. The van der Waals surface area contributed by atoms with Crippen LogP contribution >= 0.6 is 11.3 Å². The Morgan fingerprint density at radius 3 is 2.73 bits per heavy atom. The molecule has 3 aromatic rings. The first-order valence-corrected chi connectivity index (χ1v) is 9.64. The van der Waals surface area contributed by atoms with Gasteiger partial charge in [0.2, 0.25) is 0 Å². The van der Waals surface area contributed by atoms with Crippen LogP contribution in [0.1, 0.15) is 22.4 Å². The second-order valence-electron chi connectivity index (χ2n) is 6.47. The second kappa shape index (κ2) is 7.15. The summed E-state index contributed by atoms with van der Waals surface area (Å²) in [6, 6.07) is 17.5. The van der Waals surface area contributed by atoms with Crippen molar-refractivity contribution in [2.24, 2.45) is 0 Å². The molecule has 2 aromatic carbocycles. The normalized spacial score (nSPS) is 13.4. The number of thiophene rings is 1. The van der Waals surface area contributed by atoms with Gasteiger partial charge in [0.15, 0.2) is 0 Å². The van der Waals surface area contributed by atoms with E-state index < -0.39 is 0 Å². The third kappa shape index (κ3) is 3.14. The summed E-state index contributed by atoms with van der Waals surface area (Å²) in [6.45, 7) is 3.65. The van der Waals surface area contributed by atoms with Gasteiger partial charge in [-0.3, -0.25) is 0 Å². The molecule has 26 heavy (non-hydrogen) atoms. The van der Waals surface area contributed by atoms with Gasteiger partial charge in [0.05, 0.1) is 6.07 Å². The molecule has 126 valence electrons. The fourth-order valence-electron chi connectivity index (χ4n) is 3.37. The van der Waals surface area contributed by atoms with Gasteiger partial charge in [0, 0.05) is 20.5 Å². The van der Waals surface area contributed by atoms with Crippen molar-refractivity contribution in [3.8, 4) is 17.2 Å². The first kappa shape index (κ1) is 16.6. The first-order valence-electron chi connectivity index (χ1n) is 8.82. The van der Waals surface area contributed by atoms with Gasteiger partial charge >= 0.3 is 0 Å². The SMILES string of the molecule is C=C/C(C#N)=C\Cc1ccc(-c2ccc3sc4c(c3c2)C=CCC4)cc1. The zero-order chi connectivity index (χ0) is 17.9. The predicted octanol–water partition coefficient (Wildman–Crippen LogP) is 6.71. The van der Waals surface area contributed by atoms with Crippen molar-refractivity contribution < 1.29 is 0 Å². The Morgan fingerprint density at radius 2 is 1.96 bits per heavy atom. The third-order valence-electron chi connectivity index (χ3n) is 4.82. The topological polar surface area (TPSA) is 23.8 Å². The van der Waals surface area contributed by atoms with Gasteiger partial charge in [0.1, 0.15) is 0 Å². The fourth-order valence-corrected chi connectivity index (χ4v) is 4.55. The maximum atomic E-state index is 8.96. The summed E-state index contributed by atoms with van der Waals surface area (Å²) < 4.78 is 1.38. The Balaban J connectivity index is 1.64. The molecule has 1 aromatic heterocycles. The predicted molar refractivity (Wildman–Crippen MR) is 112 cm³/mol. The number of fused-ring (bicyclic) bond motifs is 3. The molecule has 0 atom stereocenters. The highest BCUT2D eigenvalue weighted by atomic mass is 32.1. The molecule has 0 bridgehead atoms. The van der Waals surface area contributed by atoms with Crippen molar-refractivity contribution in [2.45, 2.75) is 19.3 Å². The van der Waals surface area contributed by atoms with E-state index in [1.165, 1.54) is 37.2 Å². The molecule has 0 amide bonds. The molecule has 1 heterocycles. The number of benzene rings is 2. The summed E-state index contributed by atoms with van der Waals surface area (Å²) in [6.07, 6.45) is 11.1. The van der Waals surface area contributed by atoms with Gasteiger partial charge in [-0.25, -0.2) is 0 Å². The smallest absolute Gasteiger partial charge is 0.0988 e. The van der Waals surface area contributed by atoms with E-state index >= 15 is 0 Å². The average molecular weight is 353 g/mol. The molecule has 0 saturated heterocycles. The zero-order valence-corrected chi connectivity index (χ0v) is 15.4. The van der Waals surface area contributed by atoms with Gasteiger partial charge < -0.3 is 0 Å². The highest BCUT2D eigenvalue weighted by molar-refractivity contribution is 7.19. The summed E-state index contributed by atoms with van der Waals surface area (Å²) >= 11 is 1.93. The lowest BCUT2D eigenvalue weighted by molar-refractivity contribution is 1.02. The molecule has 1 aliphatic rings. The van der Waals surface area contributed by atoms with Crippen LogP contribution in [0.15, 0.2) is 72.8 Å². The van der Waals surface area contributed by atoms with Crippen molar-refractivity contribution in [3.05, 3.63) is 88.8 Å². The van der Waals surface area contributed by atoms with Crippen LogP contribution in [0, 0.1) is 11.3 Å². The third-order valence-corrected chi connectivity index (χ3v) is 6.07. The minimum Gasteiger partial charge on any atom is -0.192 e. The van der Waals surface area contributed by atoms with Crippen molar-refractivity contribution in [2.75, 3.05) is 0 Å². The van der Waals surface area contributed by atoms with Gasteiger partial charge in [0.25, 0.3) is 0 Å². The molecule has 0 aliphatic heterocycles. The van der Waals surface area contributed by atoms with Gasteiger partial charge in [-0.15, -0.1) is 11.3 Å². The van der Waals surface area contributed by atoms with Gasteiger partial charge in [-0.2, -0.15) is 5.26 Å². The van der Waals surface area contributed by atoms with Crippen LogP contribution in [0.4, 0.5) is 0 Å². The lowest BCUT2D eigenvalue weighted by atomic mass is 9.98. The molecular formula is C24H19NS. The number of nitrogens with zero attached hydrogens (tertiary/aromatic N) is 1. The van der Waals surface area contributed by atoms with Crippen LogP contribution in [0.3, 0.4) is 0 Å². The Bertz CT molecular complexity index is 1070. The number of hydrogen-bond donors (Lipinski definition) is 0. The van der Waals surface area contributed by atoms with E-state index in [4.69, 9.17) is 5.26 Å². The molecular weight excluding hydrogens is 334 g/mol. The average Bonchev–Trinajstić information content (AvgIpc) is 3.07. The lowest BCUT2D eigenvalue weighted by Gasteiger charge is -2.06. The van der Waals surface area contributed by atoms with Crippen LogP contribution in [0.25, 0.3) is 27.3 Å². The quantitative estimate of drug-likeness (QED) is 0.378. The number of aryl methyl sites for hydroxylation is 1.